The second kappa shape index (κ2) is 7.54. The molecule has 1 aliphatic rings. The molecular weight excluding hydrogens is 271 g/mol. The zero-order valence-electron chi connectivity index (χ0n) is 12.4. The third-order valence-electron chi connectivity index (χ3n) is 3.78. The Balaban J connectivity index is 2.05. The Morgan fingerprint density at radius 2 is 2.29 bits per heavy atom. The summed E-state index contributed by atoms with van der Waals surface area (Å²) in [5.74, 6) is -0.0305. The molecule has 1 aliphatic heterocycles. The number of β-amino-alcohol motifs (C(OH)–C–C–N with tert-alkyl or cyclic N) is 1. The molecule has 2 rings (SSSR count). The highest BCUT2D eigenvalue weighted by atomic mass is 19.1. The van der Waals surface area contributed by atoms with E-state index < -0.39 is 0 Å². The first-order valence-corrected chi connectivity index (χ1v) is 7.28. The van der Waals surface area contributed by atoms with Gasteiger partial charge >= 0.3 is 0 Å². The minimum atomic E-state index is -0.381. The molecule has 4 nitrogen and oxygen atoms in total. The van der Waals surface area contributed by atoms with Crippen molar-refractivity contribution in [3.63, 3.8) is 0 Å². The van der Waals surface area contributed by atoms with E-state index in [1.165, 1.54) is 13.2 Å². The van der Waals surface area contributed by atoms with E-state index in [0.29, 0.717) is 25.3 Å². The van der Waals surface area contributed by atoms with Gasteiger partial charge in [0.15, 0.2) is 11.6 Å². The van der Waals surface area contributed by atoms with E-state index in [9.17, 15) is 9.50 Å². The maximum Gasteiger partial charge on any atom is 0.165 e. The Bertz CT molecular complexity index is 505. The predicted molar refractivity (Wildman–Crippen MR) is 81.7 cm³/mol. The van der Waals surface area contributed by atoms with Gasteiger partial charge in [-0.1, -0.05) is 18.2 Å². The summed E-state index contributed by atoms with van der Waals surface area (Å²) in [4.78, 5) is 2.18. The van der Waals surface area contributed by atoms with Gasteiger partial charge in [0.05, 0.1) is 13.2 Å². The fourth-order valence-corrected chi connectivity index (χ4v) is 2.67. The summed E-state index contributed by atoms with van der Waals surface area (Å²) >= 11 is 0. The SMILES string of the molecule is COc1c(F)cccc1C1=CCN(C[C@H](O)CCN)CC1. The lowest BCUT2D eigenvalue weighted by Gasteiger charge is -2.28. The van der Waals surface area contributed by atoms with Crippen LogP contribution in [0, 0.1) is 5.82 Å². The highest BCUT2D eigenvalue weighted by molar-refractivity contribution is 5.71. The fourth-order valence-electron chi connectivity index (χ4n) is 2.67. The van der Waals surface area contributed by atoms with E-state index >= 15 is 0 Å². The Hall–Kier alpha value is -1.43. The molecule has 0 bridgehead atoms. The van der Waals surface area contributed by atoms with Gasteiger partial charge in [-0.15, -0.1) is 0 Å². The zero-order chi connectivity index (χ0) is 15.2. The van der Waals surface area contributed by atoms with Crippen molar-refractivity contribution >= 4 is 5.57 Å². The van der Waals surface area contributed by atoms with E-state index in [2.05, 4.69) is 11.0 Å². The lowest BCUT2D eigenvalue weighted by molar-refractivity contribution is 0.113. The van der Waals surface area contributed by atoms with Crippen LogP contribution in [-0.4, -0.2) is 49.4 Å². The first-order chi connectivity index (χ1) is 10.2. The van der Waals surface area contributed by atoms with Crippen LogP contribution in [0.1, 0.15) is 18.4 Å². The number of halogens is 1. The second-order valence-electron chi connectivity index (χ2n) is 5.29. The molecule has 1 aromatic carbocycles. The average molecular weight is 294 g/mol. The molecule has 0 spiro atoms. The molecule has 0 aromatic heterocycles. The Morgan fingerprint density at radius 1 is 1.48 bits per heavy atom. The zero-order valence-corrected chi connectivity index (χ0v) is 12.4. The van der Waals surface area contributed by atoms with Crippen molar-refractivity contribution in [3.8, 4) is 5.75 Å². The summed E-state index contributed by atoms with van der Waals surface area (Å²) in [6.45, 7) is 2.71. The molecule has 1 aromatic rings. The minimum absolute atomic E-state index is 0.306. The lowest BCUT2D eigenvalue weighted by Crippen LogP contribution is -2.36. The second-order valence-corrected chi connectivity index (χ2v) is 5.29. The number of nitrogens with two attached hydrogens (primary N) is 1. The van der Waals surface area contributed by atoms with Gasteiger partial charge in [-0.3, -0.25) is 4.90 Å². The molecule has 3 N–H and O–H groups in total. The van der Waals surface area contributed by atoms with Gasteiger partial charge < -0.3 is 15.6 Å². The Labute approximate surface area is 125 Å². The number of aliphatic hydroxyl groups is 1. The van der Waals surface area contributed by atoms with Crippen LogP contribution in [0.2, 0.25) is 0 Å². The molecule has 0 fully saturated rings. The molecule has 1 heterocycles. The molecule has 1 atom stereocenters. The van der Waals surface area contributed by atoms with E-state index in [1.807, 2.05) is 6.07 Å². The third-order valence-corrected chi connectivity index (χ3v) is 3.78. The van der Waals surface area contributed by atoms with E-state index in [-0.39, 0.29) is 11.9 Å². The summed E-state index contributed by atoms with van der Waals surface area (Å²) < 4.78 is 18.9. The number of methoxy groups -OCH3 is 1. The number of aliphatic hydroxyl groups excluding tert-OH is 1. The first-order valence-electron chi connectivity index (χ1n) is 7.28. The van der Waals surface area contributed by atoms with Crippen LogP contribution in [0.4, 0.5) is 4.39 Å². The van der Waals surface area contributed by atoms with Crippen molar-refractivity contribution in [1.82, 2.24) is 4.90 Å². The van der Waals surface area contributed by atoms with E-state index in [1.54, 1.807) is 6.07 Å². The van der Waals surface area contributed by atoms with Crippen LogP contribution in [0.15, 0.2) is 24.3 Å². The summed E-state index contributed by atoms with van der Waals surface area (Å²) in [6.07, 6.45) is 3.13. The topological polar surface area (TPSA) is 58.7 Å². The predicted octanol–water partition coefficient (Wildman–Crippen LogP) is 1.63. The highest BCUT2D eigenvalue weighted by Crippen LogP contribution is 2.32. The highest BCUT2D eigenvalue weighted by Gasteiger charge is 2.19. The van der Waals surface area contributed by atoms with Crippen molar-refractivity contribution in [3.05, 3.63) is 35.7 Å². The van der Waals surface area contributed by atoms with Gasteiger partial charge in [-0.2, -0.15) is 0 Å². The van der Waals surface area contributed by atoms with Crippen molar-refractivity contribution in [2.75, 3.05) is 33.3 Å². The van der Waals surface area contributed by atoms with Crippen molar-refractivity contribution in [2.45, 2.75) is 18.9 Å². The number of hydrogen-bond donors (Lipinski definition) is 2. The molecule has 0 aliphatic carbocycles. The molecule has 0 amide bonds. The van der Waals surface area contributed by atoms with Gasteiger partial charge in [0, 0.05) is 25.2 Å². The Morgan fingerprint density at radius 3 is 2.90 bits per heavy atom. The van der Waals surface area contributed by atoms with Crippen LogP contribution >= 0.6 is 0 Å². The molecule has 0 saturated heterocycles. The Kier molecular flexibility index (Phi) is 5.73. The normalized spacial score (nSPS) is 17.4. The largest absolute Gasteiger partial charge is 0.493 e. The van der Waals surface area contributed by atoms with Crippen molar-refractivity contribution in [2.24, 2.45) is 5.73 Å². The van der Waals surface area contributed by atoms with Crippen molar-refractivity contribution in [1.29, 1.82) is 0 Å². The average Bonchev–Trinajstić information content (AvgIpc) is 2.48. The fraction of sp³-hybridized carbons (Fsp3) is 0.500. The van der Waals surface area contributed by atoms with Crippen LogP contribution < -0.4 is 10.5 Å². The summed E-state index contributed by atoms with van der Waals surface area (Å²) in [5, 5.41) is 9.79. The van der Waals surface area contributed by atoms with Crippen LogP contribution in [-0.2, 0) is 0 Å². The maximum absolute atomic E-state index is 13.7. The summed E-state index contributed by atoms with van der Waals surface area (Å²) in [7, 11) is 1.49. The molecule has 0 saturated carbocycles. The van der Waals surface area contributed by atoms with Crippen LogP contribution in [0.25, 0.3) is 5.57 Å². The quantitative estimate of drug-likeness (QED) is 0.837. The number of ether oxygens (including phenoxy) is 1. The molecule has 0 radical (unpaired) electrons. The minimum Gasteiger partial charge on any atom is -0.493 e. The van der Waals surface area contributed by atoms with Crippen LogP contribution in [0.5, 0.6) is 5.75 Å². The van der Waals surface area contributed by atoms with Gasteiger partial charge in [0.25, 0.3) is 0 Å². The standard InChI is InChI=1S/C16H23FN2O2/c1-21-16-14(3-2-4-15(16)17)12-6-9-19(10-7-12)11-13(20)5-8-18/h2-4,6,13,20H,5,7-11,18H2,1H3/t13-/m1/s1. The lowest BCUT2D eigenvalue weighted by atomic mass is 9.98. The van der Waals surface area contributed by atoms with Gasteiger partial charge in [0.1, 0.15) is 0 Å². The molecule has 5 heteroatoms. The van der Waals surface area contributed by atoms with Crippen molar-refractivity contribution < 1.29 is 14.2 Å². The van der Waals surface area contributed by atoms with Gasteiger partial charge in [0.2, 0.25) is 0 Å². The van der Waals surface area contributed by atoms with Crippen LogP contribution in [0.3, 0.4) is 0 Å². The molecule has 21 heavy (non-hydrogen) atoms. The number of para-hydroxylation sites is 1. The van der Waals surface area contributed by atoms with E-state index in [0.717, 1.165) is 30.6 Å². The number of nitrogens with zero attached hydrogens (tertiary/aromatic N) is 1. The molecule has 0 unspecified atom stereocenters. The number of benzene rings is 1. The first kappa shape index (κ1) is 15.9. The molecule has 116 valence electrons. The smallest absolute Gasteiger partial charge is 0.165 e. The summed E-state index contributed by atoms with van der Waals surface area (Å²) in [5.41, 5.74) is 7.35. The van der Waals surface area contributed by atoms with Gasteiger partial charge in [-0.25, -0.2) is 4.39 Å². The number of rotatable bonds is 6. The molecular formula is C16H23FN2O2. The van der Waals surface area contributed by atoms with E-state index in [4.69, 9.17) is 10.5 Å². The number of hydrogen-bond acceptors (Lipinski definition) is 4. The third kappa shape index (κ3) is 4.03. The van der Waals surface area contributed by atoms with Gasteiger partial charge in [-0.05, 0) is 31.0 Å². The monoisotopic (exact) mass is 294 g/mol. The maximum atomic E-state index is 13.7. The summed E-state index contributed by atoms with van der Waals surface area (Å²) in [6, 6.07) is 4.99.